The lowest BCUT2D eigenvalue weighted by Gasteiger charge is -1.96. The minimum absolute atomic E-state index is 0.719. The molecular weight excluding hydrogens is 176 g/mol. The van der Waals surface area contributed by atoms with Gasteiger partial charge in [0.05, 0.1) is 11.4 Å². The van der Waals surface area contributed by atoms with Gasteiger partial charge in [0.2, 0.25) is 0 Å². The molecule has 0 aromatic carbocycles. The van der Waals surface area contributed by atoms with E-state index in [-0.39, 0.29) is 0 Å². The second kappa shape index (κ2) is 2.57. The van der Waals surface area contributed by atoms with E-state index in [2.05, 4.69) is 26.2 Å². The van der Waals surface area contributed by atoms with Gasteiger partial charge in [-0.2, -0.15) is 0 Å². The van der Waals surface area contributed by atoms with Gasteiger partial charge >= 0.3 is 0 Å². The summed E-state index contributed by atoms with van der Waals surface area (Å²) in [6.07, 6.45) is 2.60. The van der Waals surface area contributed by atoms with Crippen LogP contribution < -0.4 is 0 Å². The molecule has 0 radical (unpaired) electrons. The Hall–Kier alpha value is -1.84. The van der Waals surface area contributed by atoms with Crippen molar-refractivity contribution in [2.75, 3.05) is 0 Å². The van der Waals surface area contributed by atoms with Crippen molar-refractivity contribution in [1.82, 2.24) is 20.2 Å². The van der Waals surface area contributed by atoms with Crippen molar-refractivity contribution >= 4 is 0 Å². The van der Waals surface area contributed by atoms with Crippen molar-refractivity contribution in [3.8, 4) is 11.4 Å². The predicted octanol–water partition coefficient (Wildman–Crippen LogP) is 1.15. The second-order valence-electron chi connectivity index (χ2n) is 3.34. The number of pyridine rings is 1. The molecule has 1 aliphatic carbocycles. The summed E-state index contributed by atoms with van der Waals surface area (Å²) in [5.74, 6) is 0.719. The topological polar surface area (TPSA) is 51.6 Å². The first kappa shape index (κ1) is 7.55. The highest BCUT2D eigenvalue weighted by atomic mass is 15.2. The van der Waals surface area contributed by atoms with Crippen molar-refractivity contribution in [1.29, 1.82) is 0 Å². The van der Waals surface area contributed by atoms with Crippen LogP contribution in [0.15, 0.2) is 18.3 Å². The Labute approximate surface area is 81.1 Å². The largest absolute Gasteiger partial charge is 0.254 e. The molecular formula is C10H8N4. The van der Waals surface area contributed by atoms with Gasteiger partial charge in [-0.25, -0.2) is 4.98 Å². The van der Waals surface area contributed by atoms with E-state index in [4.69, 9.17) is 0 Å². The Morgan fingerprint density at radius 2 is 2.14 bits per heavy atom. The first-order valence-electron chi connectivity index (χ1n) is 4.49. The fourth-order valence-corrected chi connectivity index (χ4v) is 1.73. The highest BCUT2D eigenvalue weighted by Crippen LogP contribution is 2.30. The third kappa shape index (κ3) is 0.937. The number of aryl methyl sites for hydroxylation is 1. The highest BCUT2D eigenvalue weighted by molar-refractivity contribution is 5.67. The molecule has 1 aliphatic rings. The Morgan fingerprint density at radius 3 is 3.07 bits per heavy atom. The van der Waals surface area contributed by atoms with Gasteiger partial charge in [-0.1, -0.05) is 6.07 Å². The van der Waals surface area contributed by atoms with Crippen molar-refractivity contribution in [3.05, 3.63) is 35.4 Å². The molecule has 4 heteroatoms. The van der Waals surface area contributed by atoms with E-state index in [1.54, 1.807) is 6.20 Å². The van der Waals surface area contributed by atoms with Gasteiger partial charge in [0.1, 0.15) is 11.5 Å². The van der Waals surface area contributed by atoms with Crippen LogP contribution in [0.3, 0.4) is 0 Å². The van der Waals surface area contributed by atoms with Gasteiger partial charge in [-0.05, 0) is 18.6 Å². The summed E-state index contributed by atoms with van der Waals surface area (Å²) in [7, 11) is 0. The number of hydrogen-bond donors (Lipinski definition) is 0. The molecule has 0 unspecified atom stereocenters. The molecule has 0 spiro atoms. The van der Waals surface area contributed by atoms with E-state index in [0.717, 1.165) is 29.3 Å². The lowest BCUT2D eigenvalue weighted by Crippen LogP contribution is -1.97. The van der Waals surface area contributed by atoms with E-state index in [1.165, 1.54) is 5.56 Å². The third-order valence-electron chi connectivity index (χ3n) is 2.34. The quantitative estimate of drug-likeness (QED) is 0.525. The van der Waals surface area contributed by atoms with Crippen LogP contribution in [0.5, 0.6) is 0 Å². The molecule has 0 saturated carbocycles. The fourth-order valence-electron chi connectivity index (χ4n) is 1.73. The molecule has 0 N–H and O–H groups in total. The number of fused-ring (bicyclic) bond motifs is 3. The average molecular weight is 184 g/mol. The van der Waals surface area contributed by atoms with Crippen LogP contribution in [0.1, 0.15) is 17.1 Å². The minimum Gasteiger partial charge on any atom is -0.254 e. The number of rotatable bonds is 0. The summed E-state index contributed by atoms with van der Waals surface area (Å²) < 4.78 is 0. The van der Waals surface area contributed by atoms with Crippen LogP contribution in [0.2, 0.25) is 0 Å². The SMILES string of the molecule is Cc1nnc2c(n1)Cc1cccnc1-2. The zero-order valence-corrected chi connectivity index (χ0v) is 7.73. The standard InChI is InChI=1S/C10H8N4/c1-6-12-8-5-7-3-2-4-11-9(7)10(8)14-13-6/h2-4H,5H2,1H3. The monoisotopic (exact) mass is 184 g/mol. The van der Waals surface area contributed by atoms with Crippen LogP contribution in [0, 0.1) is 6.92 Å². The molecule has 2 aromatic heterocycles. The number of hydrogen-bond acceptors (Lipinski definition) is 4. The molecule has 14 heavy (non-hydrogen) atoms. The lowest BCUT2D eigenvalue weighted by molar-refractivity contribution is 0.885. The Morgan fingerprint density at radius 1 is 1.21 bits per heavy atom. The molecule has 0 saturated heterocycles. The Kier molecular flexibility index (Phi) is 1.39. The van der Waals surface area contributed by atoms with Crippen LogP contribution in [-0.4, -0.2) is 20.2 Å². The summed E-state index contributed by atoms with van der Waals surface area (Å²) in [6.45, 7) is 1.85. The van der Waals surface area contributed by atoms with Gasteiger partial charge in [0.25, 0.3) is 0 Å². The maximum absolute atomic E-state index is 4.35. The van der Waals surface area contributed by atoms with Crippen LogP contribution in [-0.2, 0) is 6.42 Å². The lowest BCUT2D eigenvalue weighted by atomic mass is 10.2. The van der Waals surface area contributed by atoms with Crippen molar-refractivity contribution < 1.29 is 0 Å². The second-order valence-corrected chi connectivity index (χ2v) is 3.34. The molecule has 4 nitrogen and oxygen atoms in total. The maximum Gasteiger partial charge on any atom is 0.148 e. The molecule has 0 aliphatic heterocycles. The van der Waals surface area contributed by atoms with E-state index < -0.39 is 0 Å². The molecule has 2 aromatic rings. The van der Waals surface area contributed by atoms with Crippen LogP contribution in [0.4, 0.5) is 0 Å². The molecule has 0 atom stereocenters. The van der Waals surface area contributed by atoms with Gasteiger partial charge in [-0.15, -0.1) is 10.2 Å². The predicted molar refractivity (Wildman–Crippen MR) is 50.6 cm³/mol. The van der Waals surface area contributed by atoms with Crippen molar-refractivity contribution in [2.45, 2.75) is 13.3 Å². The van der Waals surface area contributed by atoms with Gasteiger partial charge < -0.3 is 0 Å². The summed E-state index contributed by atoms with van der Waals surface area (Å²) in [5.41, 5.74) is 3.95. The molecule has 0 amide bonds. The number of aromatic nitrogens is 4. The normalized spacial score (nSPS) is 12.4. The molecule has 0 bridgehead atoms. The minimum atomic E-state index is 0.719. The van der Waals surface area contributed by atoms with Crippen LogP contribution in [0.25, 0.3) is 11.4 Å². The van der Waals surface area contributed by atoms with Gasteiger partial charge in [0, 0.05) is 12.6 Å². The fraction of sp³-hybridized carbons (Fsp3) is 0.200. The zero-order valence-electron chi connectivity index (χ0n) is 7.73. The molecule has 3 rings (SSSR count). The highest BCUT2D eigenvalue weighted by Gasteiger charge is 2.22. The van der Waals surface area contributed by atoms with E-state index in [0.29, 0.717) is 0 Å². The Balaban J connectivity index is 2.27. The first-order chi connectivity index (χ1) is 6.84. The van der Waals surface area contributed by atoms with Gasteiger partial charge in [-0.3, -0.25) is 4.98 Å². The van der Waals surface area contributed by atoms with E-state index >= 15 is 0 Å². The maximum atomic E-state index is 4.35. The summed E-state index contributed by atoms with van der Waals surface area (Å²) in [6, 6.07) is 3.99. The first-order valence-corrected chi connectivity index (χ1v) is 4.49. The zero-order chi connectivity index (χ0) is 9.54. The van der Waals surface area contributed by atoms with Crippen LogP contribution >= 0.6 is 0 Å². The van der Waals surface area contributed by atoms with Crippen molar-refractivity contribution in [2.24, 2.45) is 0 Å². The van der Waals surface area contributed by atoms with Crippen molar-refractivity contribution in [3.63, 3.8) is 0 Å². The molecule has 68 valence electrons. The van der Waals surface area contributed by atoms with Gasteiger partial charge in [0.15, 0.2) is 0 Å². The summed E-state index contributed by atoms with van der Waals surface area (Å²) in [4.78, 5) is 8.64. The van der Waals surface area contributed by atoms with E-state index in [9.17, 15) is 0 Å². The summed E-state index contributed by atoms with van der Waals surface area (Å²) >= 11 is 0. The Bertz CT molecular complexity index is 507. The smallest absolute Gasteiger partial charge is 0.148 e. The number of nitrogens with zero attached hydrogens (tertiary/aromatic N) is 4. The molecule has 0 fully saturated rings. The average Bonchev–Trinajstić information content (AvgIpc) is 2.54. The summed E-state index contributed by atoms with van der Waals surface area (Å²) in [5, 5.41) is 8.07. The van der Waals surface area contributed by atoms with E-state index in [1.807, 2.05) is 13.0 Å². The molecule has 2 heterocycles. The third-order valence-corrected chi connectivity index (χ3v) is 2.34.